The van der Waals surface area contributed by atoms with Gasteiger partial charge in [0.1, 0.15) is 0 Å². The fourth-order valence-corrected chi connectivity index (χ4v) is 3.14. The molecule has 0 atom stereocenters. The number of carbonyl (C=O) groups is 2. The van der Waals surface area contributed by atoms with Crippen LogP contribution < -0.4 is 5.32 Å². The van der Waals surface area contributed by atoms with Gasteiger partial charge in [0, 0.05) is 23.6 Å². The van der Waals surface area contributed by atoms with Gasteiger partial charge in [-0.05, 0) is 30.9 Å². The van der Waals surface area contributed by atoms with Crippen molar-refractivity contribution in [2.45, 2.75) is 32.1 Å². The molecular formula is C18H22N2O3. The Kier molecular flexibility index (Phi) is 4.95. The van der Waals surface area contributed by atoms with Crippen LogP contribution in [0.15, 0.2) is 30.5 Å². The summed E-state index contributed by atoms with van der Waals surface area (Å²) in [6.07, 6.45) is 6.65. The number of esters is 1. The number of hydrogen-bond donors (Lipinski definition) is 2. The number of para-hydroxylation sites is 1. The standard InChI is InChI=1S/C18H22N2O3/c21-17(12-23-18(22)13-5-1-2-6-13)19-10-9-14-11-20-16-8-4-3-7-15(14)16/h3-4,7-8,11,13,20H,1-2,5-6,9-10,12H2,(H,19,21). The van der Waals surface area contributed by atoms with Gasteiger partial charge in [-0.15, -0.1) is 0 Å². The van der Waals surface area contributed by atoms with Gasteiger partial charge in [0.2, 0.25) is 0 Å². The van der Waals surface area contributed by atoms with Crippen LogP contribution in [0.4, 0.5) is 0 Å². The minimum Gasteiger partial charge on any atom is -0.455 e. The lowest BCUT2D eigenvalue weighted by Crippen LogP contribution is -2.31. The molecule has 1 saturated carbocycles. The van der Waals surface area contributed by atoms with E-state index in [1.54, 1.807) is 0 Å². The predicted octanol–water partition coefficient (Wildman–Crippen LogP) is 2.56. The molecule has 5 heteroatoms. The molecule has 1 aliphatic rings. The van der Waals surface area contributed by atoms with Crippen LogP contribution in [-0.2, 0) is 20.7 Å². The van der Waals surface area contributed by atoms with Gasteiger partial charge in [-0.25, -0.2) is 0 Å². The lowest BCUT2D eigenvalue weighted by Gasteiger charge is -2.09. The zero-order chi connectivity index (χ0) is 16.1. The average Bonchev–Trinajstić information content (AvgIpc) is 3.23. The molecule has 0 spiro atoms. The number of amides is 1. The summed E-state index contributed by atoms with van der Waals surface area (Å²) >= 11 is 0. The summed E-state index contributed by atoms with van der Waals surface area (Å²) in [6.45, 7) is 0.352. The highest BCUT2D eigenvalue weighted by molar-refractivity contribution is 5.83. The van der Waals surface area contributed by atoms with Crippen molar-refractivity contribution >= 4 is 22.8 Å². The third-order valence-corrected chi connectivity index (χ3v) is 4.43. The van der Waals surface area contributed by atoms with Crippen LogP contribution in [0.1, 0.15) is 31.2 Å². The Labute approximate surface area is 135 Å². The van der Waals surface area contributed by atoms with E-state index in [4.69, 9.17) is 4.74 Å². The molecule has 2 aromatic rings. The fourth-order valence-electron chi connectivity index (χ4n) is 3.14. The monoisotopic (exact) mass is 314 g/mol. The Morgan fingerprint density at radius 1 is 1.22 bits per heavy atom. The van der Waals surface area contributed by atoms with Crippen molar-refractivity contribution in [2.75, 3.05) is 13.2 Å². The van der Waals surface area contributed by atoms with Gasteiger partial charge < -0.3 is 15.0 Å². The SMILES string of the molecule is O=C(COC(=O)C1CCCC1)NCCc1c[nH]c2ccccc12. The first-order valence-electron chi connectivity index (χ1n) is 8.22. The first-order chi connectivity index (χ1) is 11.2. The number of hydrogen-bond acceptors (Lipinski definition) is 3. The Bertz CT molecular complexity index is 686. The van der Waals surface area contributed by atoms with Crippen molar-refractivity contribution in [3.63, 3.8) is 0 Å². The zero-order valence-electron chi connectivity index (χ0n) is 13.1. The largest absolute Gasteiger partial charge is 0.455 e. The van der Waals surface area contributed by atoms with Crippen LogP contribution in [0.3, 0.4) is 0 Å². The first kappa shape index (κ1) is 15.6. The Hall–Kier alpha value is -2.30. The maximum atomic E-state index is 11.8. The third kappa shape index (κ3) is 3.92. The molecule has 5 nitrogen and oxygen atoms in total. The van der Waals surface area contributed by atoms with Crippen LogP contribution >= 0.6 is 0 Å². The first-order valence-corrected chi connectivity index (χ1v) is 8.22. The number of ether oxygens (including phenoxy) is 1. The summed E-state index contributed by atoms with van der Waals surface area (Å²) in [6, 6.07) is 8.08. The molecule has 0 radical (unpaired) electrons. The number of carbonyl (C=O) groups excluding carboxylic acids is 2. The molecule has 2 N–H and O–H groups in total. The van der Waals surface area contributed by atoms with Gasteiger partial charge in [0.25, 0.3) is 5.91 Å². The number of nitrogens with one attached hydrogen (secondary N) is 2. The molecule has 1 aliphatic carbocycles. The average molecular weight is 314 g/mol. The second-order valence-electron chi connectivity index (χ2n) is 6.05. The maximum absolute atomic E-state index is 11.8. The molecule has 1 aromatic heterocycles. The van der Waals surface area contributed by atoms with Gasteiger partial charge in [-0.2, -0.15) is 0 Å². The number of rotatable bonds is 6. The number of fused-ring (bicyclic) bond motifs is 1. The fraction of sp³-hybridized carbons (Fsp3) is 0.444. The normalized spacial score (nSPS) is 15.0. The smallest absolute Gasteiger partial charge is 0.309 e. The van der Waals surface area contributed by atoms with E-state index in [9.17, 15) is 9.59 Å². The van der Waals surface area contributed by atoms with Crippen LogP contribution in [0.2, 0.25) is 0 Å². The molecule has 1 fully saturated rings. The van der Waals surface area contributed by atoms with Crippen LogP contribution in [-0.4, -0.2) is 30.0 Å². The van der Waals surface area contributed by atoms with Gasteiger partial charge >= 0.3 is 5.97 Å². The van der Waals surface area contributed by atoms with Gasteiger partial charge in [0.15, 0.2) is 6.61 Å². The summed E-state index contributed by atoms with van der Waals surface area (Å²) < 4.78 is 5.09. The number of benzene rings is 1. The molecule has 1 aromatic carbocycles. The van der Waals surface area contributed by atoms with E-state index in [2.05, 4.69) is 16.4 Å². The van der Waals surface area contributed by atoms with Crippen LogP contribution in [0, 0.1) is 5.92 Å². The van der Waals surface area contributed by atoms with E-state index in [-0.39, 0.29) is 24.4 Å². The Morgan fingerprint density at radius 3 is 2.83 bits per heavy atom. The Balaban J connectivity index is 1.40. The lowest BCUT2D eigenvalue weighted by molar-refractivity contribution is -0.152. The van der Waals surface area contributed by atoms with Crippen LogP contribution in [0.25, 0.3) is 10.9 Å². The predicted molar refractivity (Wildman–Crippen MR) is 87.9 cm³/mol. The third-order valence-electron chi connectivity index (χ3n) is 4.43. The van der Waals surface area contributed by atoms with E-state index in [0.717, 1.165) is 37.6 Å². The molecule has 0 unspecified atom stereocenters. The molecule has 0 saturated heterocycles. The van der Waals surface area contributed by atoms with Crippen molar-refractivity contribution in [1.82, 2.24) is 10.3 Å². The van der Waals surface area contributed by atoms with Gasteiger partial charge in [-0.1, -0.05) is 31.0 Å². The molecule has 1 heterocycles. The summed E-state index contributed by atoms with van der Waals surface area (Å²) in [5.41, 5.74) is 2.27. The van der Waals surface area contributed by atoms with E-state index in [1.807, 2.05) is 24.4 Å². The van der Waals surface area contributed by atoms with Crippen molar-refractivity contribution in [3.8, 4) is 0 Å². The highest BCUT2D eigenvalue weighted by Crippen LogP contribution is 2.25. The van der Waals surface area contributed by atoms with Gasteiger partial charge in [-0.3, -0.25) is 9.59 Å². The van der Waals surface area contributed by atoms with E-state index in [1.165, 1.54) is 10.9 Å². The molecule has 3 rings (SSSR count). The molecule has 1 amide bonds. The Morgan fingerprint density at radius 2 is 2.00 bits per heavy atom. The second-order valence-corrected chi connectivity index (χ2v) is 6.05. The second kappa shape index (κ2) is 7.31. The number of aromatic amines is 1. The van der Waals surface area contributed by atoms with Crippen molar-refractivity contribution in [3.05, 3.63) is 36.0 Å². The molecule has 0 aliphatic heterocycles. The van der Waals surface area contributed by atoms with Crippen LogP contribution in [0.5, 0.6) is 0 Å². The highest BCUT2D eigenvalue weighted by atomic mass is 16.5. The quantitative estimate of drug-likeness (QED) is 0.805. The summed E-state index contributed by atoms with van der Waals surface area (Å²) in [5.74, 6) is -0.473. The zero-order valence-corrected chi connectivity index (χ0v) is 13.1. The molecule has 122 valence electrons. The number of H-pyrrole nitrogens is 1. The minimum atomic E-state index is -0.240. The number of aromatic nitrogens is 1. The highest BCUT2D eigenvalue weighted by Gasteiger charge is 2.24. The van der Waals surface area contributed by atoms with Crippen molar-refractivity contribution in [2.24, 2.45) is 5.92 Å². The van der Waals surface area contributed by atoms with Gasteiger partial charge in [0.05, 0.1) is 5.92 Å². The summed E-state index contributed by atoms with van der Waals surface area (Å²) in [5, 5.41) is 3.98. The van der Waals surface area contributed by atoms with E-state index in [0.29, 0.717) is 6.54 Å². The topological polar surface area (TPSA) is 71.2 Å². The minimum absolute atomic E-state index is 0.00554. The van der Waals surface area contributed by atoms with E-state index >= 15 is 0 Å². The van der Waals surface area contributed by atoms with Crippen molar-refractivity contribution in [1.29, 1.82) is 0 Å². The summed E-state index contributed by atoms with van der Waals surface area (Å²) in [7, 11) is 0. The van der Waals surface area contributed by atoms with E-state index < -0.39 is 0 Å². The molecule has 0 bridgehead atoms. The molecule has 23 heavy (non-hydrogen) atoms. The molecular weight excluding hydrogens is 292 g/mol. The lowest BCUT2D eigenvalue weighted by atomic mass is 10.1. The maximum Gasteiger partial charge on any atom is 0.309 e. The van der Waals surface area contributed by atoms with Crippen molar-refractivity contribution < 1.29 is 14.3 Å². The summed E-state index contributed by atoms with van der Waals surface area (Å²) in [4.78, 5) is 26.7.